The minimum absolute atomic E-state index is 0.238. The van der Waals surface area contributed by atoms with E-state index in [2.05, 4.69) is 0 Å². The second-order valence-electron chi connectivity index (χ2n) is 5.91. The smallest absolute Gasteiger partial charge is 0.336 e. The van der Waals surface area contributed by atoms with Gasteiger partial charge in [0.2, 0.25) is 0 Å². The van der Waals surface area contributed by atoms with Crippen LogP contribution >= 0.6 is 0 Å². The minimum Gasteiger partial charge on any atom is -0.493 e. The van der Waals surface area contributed by atoms with Crippen LogP contribution in [0.1, 0.15) is 21.5 Å². The molecule has 0 aliphatic carbocycles. The highest BCUT2D eigenvalue weighted by Crippen LogP contribution is 2.33. The lowest BCUT2D eigenvalue weighted by Crippen LogP contribution is -2.02. The number of aryl methyl sites for hydroxylation is 2. The summed E-state index contributed by atoms with van der Waals surface area (Å²) in [5.41, 5.74) is 4.23. The molecule has 0 aliphatic heterocycles. The molecule has 2 aromatic carbocycles. The molecule has 0 fully saturated rings. The summed E-state index contributed by atoms with van der Waals surface area (Å²) in [7, 11) is 3.13. The molecule has 1 aromatic heterocycles. The van der Waals surface area contributed by atoms with E-state index in [1.165, 1.54) is 0 Å². The van der Waals surface area contributed by atoms with Crippen LogP contribution in [0.15, 0.2) is 36.4 Å². The van der Waals surface area contributed by atoms with Crippen molar-refractivity contribution in [3.05, 3.63) is 53.1 Å². The summed E-state index contributed by atoms with van der Waals surface area (Å²) < 4.78 is 10.6. The summed E-state index contributed by atoms with van der Waals surface area (Å²) >= 11 is 0. The van der Waals surface area contributed by atoms with E-state index in [9.17, 15) is 9.90 Å². The Balaban J connectivity index is 2.29. The van der Waals surface area contributed by atoms with Gasteiger partial charge in [-0.15, -0.1) is 0 Å². The molecule has 0 bridgehead atoms. The summed E-state index contributed by atoms with van der Waals surface area (Å²) in [5.74, 6) is 0.204. The van der Waals surface area contributed by atoms with Gasteiger partial charge in [0.1, 0.15) is 0 Å². The molecule has 0 atom stereocenters. The van der Waals surface area contributed by atoms with Gasteiger partial charge in [0.15, 0.2) is 11.5 Å². The molecule has 128 valence electrons. The minimum atomic E-state index is -0.973. The number of hydrogen-bond acceptors (Lipinski definition) is 4. The Bertz CT molecular complexity index is 979. The van der Waals surface area contributed by atoms with Crippen LogP contribution in [0.2, 0.25) is 0 Å². The molecule has 1 heterocycles. The molecular formula is C20H19NO4. The third kappa shape index (κ3) is 3.01. The van der Waals surface area contributed by atoms with Gasteiger partial charge in [-0.1, -0.05) is 11.6 Å². The van der Waals surface area contributed by atoms with Crippen LogP contribution in [0.3, 0.4) is 0 Å². The fraction of sp³-hybridized carbons (Fsp3) is 0.200. The standard InChI is InChI=1S/C20H19NO4/c1-11-7-12(2)19-14(8-11)15(20(22)23)10-16(21-19)13-5-6-17(24-3)18(9-13)25-4/h5-10H,1-4H3,(H,22,23). The van der Waals surface area contributed by atoms with Crippen LogP contribution in [0.25, 0.3) is 22.2 Å². The van der Waals surface area contributed by atoms with Gasteiger partial charge in [-0.3, -0.25) is 0 Å². The number of rotatable bonds is 4. The first kappa shape index (κ1) is 16.8. The normalized spacial score (nSPS) is 10.7. The van der Waals surface area contributed by atoms with E-state index in [1.54, 1.807) is 32.4 Å². The van der Waals surface area contributed by atoms with Crippen molar-refractivity contribution in [3.63, 3.8) is 0 Å². The molecule has 0 saturated heterocycles. The van der Waals surface area contributed by atoms with Crippen LogP contribution in [0.4, 0.5) is 0 Å². The van der Waals surface area contributed by atoms with Crippen LogP contribution in [0.5, 0.6) is 11.5 Å². The topological polar surface area (TPSA) is 68.7 Å². The summed E-state index contributed by atoms with van der Waals surface area (Å²) in [6, 6.07) is 10.9. The van der Waals surface area contributed by atoms with Crippen molar-refractivity contribution in [2.24, 2.45) is 0 Å². The largest absolute Gasteiger partial charge is 0.493 e. The number of aromatic nitrogens is 1. The molecule has 0 radical (unpaired) electrons. The van der Waals surface area contributed by atoms with Gasteiger partial charge in [0, 0.05) is 10.9 Å². The van der Waals surface area contributed by atoms with E-state index in [1.807, 2.05) is 32.0 Å². The zero-order chi connectivity index (χ0) is 18.1. The summed E-state index contributed by atoms with van der Waals surface area (Å²) in [6.45, 7) is 3.88. The van der Waals surface area contributed by atoms with Crippen LogP contribution < -0.4 is 9.47 Å². The Morgan fingerprint density at radius 3 is 2.36 bits per heavy atom. The van der Waals surface area contributed by atoms with Gasteiger partial charge in [0.25, 0.3) is 0 Å². The molecule has 25 heavy (non-hydrogen) atoms. The van der Waals surface area contributed by atoms with E-state index in [0.29, 0.717) is 28.1 Å². The lowest BCUT2D eigenvalue weighted by Gasteiger charge is -2.12. The first-order valence-electron chi connectivity index (χ1n) is 7.82. The zero-order valence-electron chi connectivity index (χ0n) is 14.6. The fourth-order valence-corrected chi connectivity index (χ4v) is 3.00. The Labute approximate surface area is 145 Å². The van der Waals surface area contributed by atoms with E-state index < -0.39 is 5.97 Å². The lowest BCUT2D eigenvalue weighted by atomic mass is 10.00. The zero-order valence-corrected chi connectivity index (χ0v) is 14.6. The molecular weight excluding hydrogens is 318 g/mol. The number of ether oxygens (including phenoxy) is 2. The van der Waals surface area contributed by atoms with Gasteiger partial charge >= 0.3 is 5.97 Å². The Hall–Kier alpha value is -3.08. The lowest BCUT2D eigenvalue weighted by molar-refractivity contribution is 0.0699. The molecule has 5 heteroatoms. The number of pyridine rings is 1. The van der Waals surface area contributed by atoms with Crippen molar-refractivity contribution in [2.75, 3.05) is 14.2 Å². The van der Waals surface area contributed by atoms with Crippen LogP contribution in [0, 0.1) is 13.8 Å². The van der Waals surface area contributed by atoms with Gasteiger partial charge in [-0.2, -0.15) is 0 Å². The number of carboxylic acid groups (broad SMARTS) is 1. The average Bonchev–Trinajstić information content (AvgIpc) is 2.60. The maximum absolute atomic E-state index is 11.8. The number of benzene rings is 2. The quantitative estimate of drug-likeness (QED) is 0.771. The van der Waals surface area contributed by atoms with Crippen LogP contribution in [-0.2, 0) is 0 Å². The first-order chi connectivity index (χ1) is 11.9. The SMILES string of the molecule is COc1ccc(-c2cc(C(=O)O)c3cc(C)cc(C)c3n2)cc1OC. The van der Waals surface area contributed by atoms with Crippen molar-refractivity contribution < 1.29 is 19.4 Å². The maximum atomic E-state index is 11.8. The molecule has 0 spiro atoms. The van der Waals surface area contributed by atoms with Gasteiger partial charge in [0.05, 0.1) is 31.0 Å². The second-order valence-corrected chi connectivity index (χ2v) is 5.91. The number of aromatic carboxylic acids is 1. The van der Waals surface area contributed by atoms with E-state index in [-0.39, 0.29) is 5.56 Å². The Morgan fingerprint density at radius 2 is 1.72 bits per heavy atom. The van der Waals surface area contributed by atoms with Crippen LogP contribution in [-0.4, -0.2) is 30.3 Å². The molecule has 0 saturated carbocycles. The van der Waals surface area contributed by atoms with Crippen molar-refractivity contribution in [2.45, 2.75) is 13.8 Å². The third-order valence-electron chi connectivity index (χ3n) is 4.16. The number of fused-ring (bicyclic) bond motifs is 1. The maximum Gasteiger partial charge on any atom is 0.336 e. The van der Waals surface area contributed by atoms with E-state index in [4.69, 9.17) is 14.5 Å². The molecule has 5 nitrogen and oxygen atoms in total. The summed E-state index contributed by atoms with van der Waals surface area (Å²) in [4.78, 5) is 16.5. The summed E-state index contributed by atoms with van der Waals surface area (Å²) in [6.07, 6.45) is 0. The highest BCUT2D eigenvalue weighted by molar-refractivity contribution is 6.04. The Kier molecular flexibility index (Phi) is 4.31. The molecule has 1 N–H and O–H groups in total. The second kappa shape index (κ2) is 6.43. The first-order valence-corrected chi connectivity index (χ1v) is 7.82. The number of methoxy groups -OCH3 is 2. The summed E-state index contributed by atoms with van der Waals surface area (Å²) in [5, 5.41) is 10.3. The van der Waals surface area contributed by atoms with Gasteiger partial charge in [-0.25, -0.2) is 9.78 Å². The van der Waals surface area contributed by atoms with E-state index >= 15 is 0 Å². The predicted octanol–water partition coefficient (Wildman–Crippen LogP) is 4.23. The monoisotopic (exact) mass is 337 g/mol. The van der Waals surface area contributed by atoms with Gasteiger partial charge < -0.3 is 14.6 Å². The number of hydrogen-bond donors (Lipinski definition) is 1. The molecule has 0 amide bonds. The van der Waals surface area contributed by atoms with E-state index in [0.717, 1.165) is 16.7 Å². The van der Waals surface area contributed by atoms with Gasteiger partial charge in [-0.05, 0) is 49.7 Å². The Morgan fingerprint density at radius 1 is 1.00 bits per heavy atom. The molecule has 0 aliphatic rings. The third-order valence-corrected chi connectivity index (χ3v) is 4.16. The number of nitrogens with zero attached hydrogens (tertiary/aromatic N) is 1. The predicted molar refractivity (Wildman–Crippen MR) is 96.7 cm³/mol. The van der Waals surface area contributed by atoms with Crippen molar-refractivity contribution >= 4 is 16.9 Å². The average molecular weight is 337 g/mol. The van der Waals surface area contributed by atoms with Crippen molar-refractivity contribution in [1.82, 2.24) is 4.98 Å². The fourth-order valence-electron chi connectivity index (χ4n) is 3.00. The van der Waals surface area contributed by atoms with Crippen molar-refractivity contribution in [1.29, 1.82) is 0 Å². The van der Waals surface area contributed by atoms with Crippen molar-refractivity contribution in [3.8, 4) is 22.8 Å². The molecule has 3 aromatic rings. The highest BCUT2D eigenvalue weighted by atomic mass is 16.5. The number of carboxylic acids is 1. The number of carbonyl (C=O) groups is 1. The highest BCUT2D eigenvalue weighted by Gasteiger charge is 2.16. The molecule has 0 unspecified atom stereocenters. The molecule has 3 rings (SSSR count).